The molecule has 1 heterocycles. The van der Waals surface area contributed by atoms with E-state index in [1.807, 2.05) is 13.0 Å². The molecule has 1 aliphatic heterocycles. The van der Waals surface area contributed by atoms with Gasteiger partial charge in [-0.25, -0.2) is 0 Å². The Morgan fingerprint density at radius 2 is 1.96 bits per heavy atom. The molecular weight excluding hydrogens is 336 g/mol. The van der Waals surface area contributed by atoms with Crippen LogP contribution in [0.25, 0.3) is 0 Å². The van der Waals surface area contributed by atoms with E-state index in [0.717, 1.165) is 25.7 Å². The van der Waals surface area contributed by atoms with Crippen LogP contribution in [0.2, 0.25) is 0 Å². The average molecular weight is 382 g/mol. The zero-order valence-electron chi connectivity index (χ0n) is 25.1. The van der Waals surface area contributed by atoms with Crippen molar-refractivity contribution in [1.29, 1.82) is 0 Å². The van der Waals surface area contributed by atoms with Crippen LogP contribution < -0.4 is 10.6 Å². The summed E-state index contributed by atoms with van der Waals surface area (Å²) in [6.07, 6.45) is 8.05. The quantitative estimate of drug-likeness (QED) is 0.725. The molecule has 0 aromatic rings. The first-order valence-corrected chi connectivity index (χ1v) is 10.1. The molecule has 2 amide bonds. The van der Waals surface area contributed by atoms with E-state index in [1.54, 1.807) is 6.08 Å². The highest BCUT2D eigenvalue weighted by Crippen LogP contribution is 2.65. The molecular formula is C23H36N2O2. The second kappa shape index (κ2) is 6.09. The molecule has 2 N–H and O–H groups in total. The van der Waals surface area contributed by atoms with Crippen LogP contribution in [0.1, 0.15) is 85.3 Å². The Balaban J connectivity index is 1.63. The molecule has 0 spiro atoms. The van der Waals surface area contributed by atoms with Crippen LogP contribution in [0, 0.1) is 34.5 Å². The smallest absolute Gasteiger partial charge is 0.243 e. The fourth-order valence-corrected chi connectivity index (χ4v) is 7.04. The van der Waals surface area contributed by atoms with Crippen molar-refractivity contribution < 1.29 is 21.9 Å². The van der Waals surface area contributed by atoms with Gasteiger partial charge in [0.1, 0.15) is 0 Å². The van der Waals surface area contributed by atoms with Crippen molar-refractivity contribution >= 4 is 11.8 Å². The molecule has 0 radical (unpaired) electrons. The van der Waals surface area contributed by atoms with E-state index in [0.29, 0.717) is 24.7 Å². The summed E-state index contributed by atoms with van der Waals surface area (Å²) in [5, 5.41) is 5.20. The molecule has 27 heavy (non-hydrogen) atoms. The number of fused-ring (bicyclic) bond motifs is 5. The van der Waals surface area contributed by atoms with Gasteiger partial charge in [-0.2, -0.15) is 0 Å². The maximum absolute atomic E-state index is 13.6. The maximum atomic E-state index is 13.6. The van der Waals surface area contributed by atoms with Crippen molar-refractivity contribution in [3.8, 4) is 0 Å². The second-order valence-corrected chi connectivity index (χ2v) is 9.63. The molecule has 0 aromatic carbocycles. The van der Waals surface area contributed by atoms with E-state index < -0.39 is 43.3 Å². The molecule has 4 heteroatoms. The van der Waals surface area contributed by atoms with Gasteiger partial charge in [-0.1, -0.05) is 19.9 Å². The van der Waals surface area contributed by atoms with Crippen molar-refractivity contribution in [2.75, 3.05) is 0 Å². The van der Waals surface area contributed by atoms with Gasteiger partial charge >= 0.3 is 0 Å². The minimum atomic E-state index is -3.47. The lowest BCUT2D eigenvalue weighted by Crippen LogP contribution is -2.59. The maximum Gasteiger partial charge on any atom is 0.243 e. The Bertz CT molecular complexity index is 921. The van der Waals surface area contributed by atoms with Crippen LogP contribution in [0.3, 0.4) is 0 Å². The van der Waals surface area contributed by atoms with Gasteiger partial charge in [0.25, 0.3) is 0 Å². The standard InChI is InChI=1S/C23H36N2O2/c1-21(2,3)25-20(27)17-8-7-15-14-6-9-18-23(5,13-11-19(26)24-18)16(14)10-12-22(15,17)4/h11,13-18H,6-10,12H2,1-5H3,(H,24,26)(H,25,27)/i1D3,2D3,3D3. The lowest BCUT2D eigenvalue weighted by Gasteiger charge is -2.58. The molecule has 150 valence electrons. The zero-order chi connectivity index (χ0) is 27.1. The Morgan fingerprint density at radius 3 is 2.70 bits per heavy atom. The van der Waals surface area contributed by atoms with Crippen LogP contribution in [0.4, 0.5) is 0 Å². The average Bonchev–Trinajstić information content (AvgIpc) is 3.07. The molecule has 3 saturated carbocycles. The molecule has 7 unspecified atom stereocenters. The molecule has 3 fully saturated rings. The lowest BCUT2D eigenvalue weighted by molar-refractivity contribution is -0.135. The van der Waals surface area contributed by atoms with Gasteiger partial charge in [-0.05, 0) is 88.3 Å². The molecule has 0 bridgehead atoms. The van der Waals surface area contributed by atoms with Gasteiger partial charge in [0, 0.05) is 35.3 Å². The first kappa shape index (κ1) is 11.0. The van der Waals surface area contributed by atoms with E-state index in [9.17, 15) is 9.59 Å². The van der Waals surface area contributed by atoms with E-state index in [-0.39, 0.29) is 23.3 Å². The van der Waals surface area contributed by atoms with Crippen LogP contribution in [-0.4, -0.2) is 23.4 Å². The molecule has 4 nitrogen and oxygen atoms in total. The highest BCUT2D eigenvalue weighted by atomic mass is 16.2. The summed E-state index contributed by atoms with van der Waals surface area (Å²) < 4.78 is 70.6. The van der Waals surface area contributed by atoms with Crippen LogP contribution in [-0.2, 0) is 9.59 Å². The zero-order valence-corrected chi connectivity index (χ0v) is 16.1. The number of carbonyl (C=O) groups is 2. The minimum Gasteiger partial charge on any atom is -0.351 e. The Hall–Kier alpha value is -1.32. The minimum absolute atomic E-state index is 0.0691. The van der Waals surface area contributed by atoms with Crippen molar-refractivity contribution in [3.05, 3.63) is 12.2 Å². The largest absolute Gasteiger partial charge is 0.351 e. The van der Waals surface area contributed by atoms with Crippen molar-refractivity contribution in [3.63, 3.8) is 0 Å². The van der Waals surface area contributed by atoms with Crippen molar-refractivity contribution in [1.82, 2.24) is 10.6 Å². The van der Waals surface area contributed by atoms with Gasteiger partial charge in [0.15, 0.2) is 0 Å². The van der Waals surface area contributed by atoms with Gasteiger partial charge in [-0.3, -0.25) is 9.59 Å². The lowest BCUT2D eigenvalue weighted by atomic mass is 9.48. The van der Waals surface area contributed by atoms with Gasteiger partial charge in [0.2, 0.25) is 11.8 Å². The van der Waals surface area contributed by atoms with Crippen LogP contribution in [0.5, 0.6) is 0 Å². The van der Waals surface area contributed by atoms with E-state index >= 15 is 0 Å². The number of nitrogens with one attached hydrogen (secondary N) is 2. The molecule has 4 aliphatic rings. The normalized spacial score (nSPS) is 52.4. The number of carbonyl (C=O) groups excluding carboxylic acids is 2. The van der Waals surface area contributed by atoms with E-state index in [4.69, 9.17) is 12.3 Å². The van der Waals surface area contributed by atoms with Crippen molar-refractivity contribution in [2.45, 2.75) is 84.5 Å². The Labute approximate surface area is 176 Å². The fourth-order valence-electron chi connectivity index (χ4n) is 7.04. The number of rotatable bonds is 1. The summed E-state index contributed by atoms with van der Waals surface area (Å²) in [7, 11) is 0. The summed E-state index contributed by atoms with van der Waals surface area (Å²) >= 11 is 0. The Morgan fingerprint density at radius 1 is 1.19 bits per heavy atom. The second-order valence-electron chi connectivity index (χ2n) is 9.63. The molecule has 0 saturated heterocycles. The summed E-state index contributed by atoms with van der Waals surface area (Å²) in [5.41, 5.74) is -4.04. The SMILES string of the molecule is [2H]C([2H])([2H])C(NC(=O)C1CCC2C3CCC4NC(=O)C=CC4(C)C3CCC12C)(C([2H])([2H])[2H])C([2H])([2H])[2H]. The summed E-state index contributed by atoms with van der Waals surface area (Å²) in [4.78, 5) is 25.6. The molecule has 7 atom stereocenters. The summed E-state index contributed by atoms with van der Waals surface area (Å²) in [6.45, 7) is -6.22. The number of hydrogen-bond donors (Lipinski definition) is 2. The first-order valence-electron chi connectivity index (χ1n) is 14.6. The van der Waals surface area contributed by atoms with Crippen LogP contribution in [0.15, 0.2) is 12.2 Å². The summed E-state index contributed by atoms with van der Waals surface area (Å²) in [5.74, 6) is -0.762. The Kier molecular flexibility index (Phi) is 2.48. The van der Waals surface area contributed by atoms with Crippen LogP contribution >= 0.6 is 0 Å². The number of hydrogen-bond acceptors (Lipinski definition) is 2. The predicted octanol–water partition coefficient (Wildman–Crippen LogP) is 3.81. The highest BCUT2D eigenvalue weighted by molar-refractivity contribution is 5.89. The third-order valence-corrected chi connectivity index (χ3v) is 8.31. The molecule has 0 aromatic heterocycles. The molecule has 3 aliphatic carbocycles. The predicted molar refractivity (Wildman–Crippen MR) is 107 cm³/mol. The molecule has 4 rings (SSSR count). The highest BCUT2D eigenvalue weighted by Gasteiger charge is 2.60. The van der Waals surface area contributed by atoms with Gasteiger partial charge in [0.05, 0.1) is 0 Å². The third-order valence-electron chi connectivity index (χ3n) is 8.31. The monoisotopic (exact) mass is 381 g/mol. The summed E-state index contributed by atoms with van der Waals surface area (Å²) in [6, 6.07) is 0.0691. The third kappa shape index (κ3) is 2.94. The van der Waals surface area contributed by atoms with Crippen molar-refractivity contribution in [2.24, 2.45) is 34.5 Å². The van der Waals surface area contributed by atoms with E-state index in [1.165, 1.54) is 0 Å². The topological polar surface area (TPSA) is 58.2 Å². The first-order chi connectivity index (χ1) is 16.3. The van der Waals surface area contributed by atoms with Gasteiger partial charge < -0.3 is 10.6 Å². The number of amides is 2. The van der Waals surface area contributed by atoms with E-state index in [2.05, 4.69) is 17.6 Å². The van der Waals surface area contributed by atoms with Gasteiger partial charge in [-0.15, -0.1) is 0 Å². The fraction of sp³-hybridized carbons (Fsp3) is 0.826.